The van der Waals surface area contributed by atoms with Gasteiger partial charge in [0.25, 0.3) is 0 Å². The summed E-state index contributed by atoms with van der Waals surface area (Å²) in [6.45, 7) is 0. The van der Waals surface area contributed by atoms with Gasteiger partial charge in [-0.25, -0.2) is 0 Å². The van der Waals surface area contributed by atoms with Crippen LogP contribution in [0.15, 0.2) is 48.1 Å². The van der Waals surface area contributed by atoms with Gasteiger partial charge in [-0.2, -0.15) is 0 Å². The van der Waals surface area contributed by atoms with Crippen LogP contribution in [0.4, 0.5) is 0 Å². The van der Waals surface area contributed by atoms with Gasteiger partial charge in [0.2, 0.25) is 0 Å². The molecule has 2 nitrogen and oxygen atoms in total. The number of carbonyl (C=O) groups is 2. The number of hydrogen-bond acceptors (Lipinski definition) is 2. The summed E-state index contributed by atoms with van der Waals surface area (Å²) in [7, 11) is 0. The Morgan fingerprint density at radius 2 is 1.64 bits per heavy atom. The molecule has 4 rings (SSSR count). The molecular formula is C18H10Cl2O2. The summed E-state index contributed by atoms with van der Waals surface area (Å²) in [6.07, 6.45) is 4.78. The lowest BCUT2D eigenvalue weighted by Crippen LogP contribution is -2.14. The molecule has 22 heavy (non-hydrogen) atoms. The number of benzene rings is 2. The van der Waals surface area contributed by atoms with E-state index in [0.717, 1.165) is 21.9 Å². The normalized spacial score (nSPS) is 19.9. The Morgan fingerprint density at radius 3 is 2.41 bits per heavy atom. The van der Waals surface area contributed by atoms with Gasteiger partial charge >= 0.3 is 0 Å². The van der Waals surface area contributed by atoms with Gasteiger partial charge in [-0.05, 0) is 53.3 Å². The third-order valence-electron chi connectivity index (χ3n) is 4.33. The summed E-state index contributed by atoms with van der Waals surface area (Å²) in [5.41, 5.74) is 2.67. The van der Waals surface area contributed by atoms with Crippen molar-refractivity contribution in [1.29, 1.82) is 0 Å². The van der Waals surface area contributed by atoms with Crippen LogP contribution in [0.1, 0.15) is 17.0 Å². The van der Waals surface area contributed by atoms with Crippen molar-refractivity contribution in [3.8, 4) is 0 Å². The average Bonchev–Trinajstić information content (AvgIpc) is 2.86. The van der Waals surface area contributed by atoms with Crippen LogP contribution < -0.4 is 0 Å². The van der Waals surface area contributed by atoms with Crippen molar-refractivity contribution in [1.82, 2.24) is 0 Å². The Labute approximate surface area is 137 Å². The third-order valence-corrected chi connectivity index (χ3v) is 4.96. The van der Waals surface area contributed by atoms with Crippen LogP contribution in [0.5, 0.6) is 0 Å². The second-order valence-corrected chi connectivity index (χ2v) is 6.36. The average molecular weight is 329 g/mol. The number of rotatable bonds is 1. The van der Waals surface area contributed by atoms with Gasteiger partial charge in [0.1, 0.15) is 0 Å². The predicted octanol–water partition coefficient (Wildman–Crippen LogP) is 4.42. The zero-order valence-electron chi connectivity index (χ0n) is 11.4. The summed E-state index contributed by atoms with van der Waals surface area (Å²) in [6, 6.07) is 7.53. The fraction of sp³-hybridized carbons (Fsp3) is 0.111. The topological polar surface area (TPSA) is 34.1 Å². The molecule has 0 amide bonds. The minimum absolute atomic E-state index is 0.105. The highest BCUT2D eigenvalue weighted by Gasteiger charge is 2.32. The first-order valence-corrected chi connectivity index (χ1v) is 7.69. The molecule has 0 fully saturated rings. The quantitative estimate of drug-likeness (QED) is 0.726. The van der Waals surface area contributed by atoms with Crippen molar-refractivity contribution >= 4 is 45.5 Å². The van der Waals surface area contributed by atoms with Crippen molar-refractivity contribution in [2.24, 2.45) is 0 Å². The molecule has 0 aromatic heterocycles. The van der Waals surface area contributed by atoms with Crippen molar-refractivity contribution in [2.75, 3.05) is 0 Å². The van der Waals surface area contributed by atoms with Crippen LogP contribution in [-0.4, -0.2) is 11.6 Å². The number of hydrogen-bond donors (Lipinski definition) is 0. The van der Waals surface area contributed by atoms with E-state index in [9.17, 15) is 9.59 Å². The van der Waals surface area contributed by atoms with Crippen LogP contribution in [0.25, 0.3) is 10.8 Å². The van der Waals surface area contributed by atoms with Gasteiger partial charge in [-0.1, -0.05) is 35.3 Å². The summed E-state index contributed by atoms with van der Waals surface area (Å²) >= 11 is 12.6. The molecule has 0 heterocycles. The van der Waals surface area contributed by atoms with E-state index < -0.39 is 0 Å². The predicted molar refractivity (Wildman–Crippen MR) is 87.7 cm³/mol. The molecule has 0 saturated heterocycles. The van der Waals surface area contributed by atoms with Crippen LogP contribution >= 0.6 is 23.2 Å². The van der Waals surface area contributed by atoms with Crippen LogP contribution in [-0.2, 0) is 16.0 Å². The molecule has 108 valence electrons. The number of ketones is 2. The highest BCUT2D eigenvalue weighted by atomic mass is 35.5. The Kier molecular flexibility index (Phi) is 3.00. The van der Waals surface area contributed by atoms with E-state index in [2.05, 4.69) is 0 Å². The van der Waals surface area contributed by atoms with Crippen molar-refractivity contribution < 1.29 is 9.59 Å². The van der Waals surface area contributed by atoms with Gasteiger partial charge in [-0.3, -0.25) is 9.59 Å². The fourth-order valence-electron chi connectivity index (χ4n) is 3.38. The Hall–Kier alpha value is -1.90. The molecule has 0 spiro atoms. The monoisotopic (exact) mass is 328 g/mol. The van der Waals surface area contributed by atoms with Crippen LogP contribution in [0.2, 0.25) is 10.0 Å². The lowest BCUT2D eigenvalue weighted by Gasteiger charge is -2.16. The highest BCUT2D eigenvalue weighted by molar-refractivity contribution is 6.42. The maximum atomic E-state index is 12.2. The molecule has 1 atom stereocenters. The van der Waals surface area contributed by atoms with E-state index in [4.69, 9.17) is 23.2 Å². The molecular weight excluding hydrogens is 319 g/mol. The smallest absolute Gasteiger partial charge is 0.182 e. The molecule has 2 aromatic carbocycles. The van der Waals surface area contributed by atoms with E-state index in [1.165, 1.54) is 18.2 Å². The van der Waals surface area contributed by atoms with Crippen molar-refractivity contribution in [3.63, 3.8) is 0 Å². The maximum absolute atomic E-state index is 12.2. The maximum Gasteiger partial charge on any atom is 0.182 e. The van der Waals surface area contributed by atoms with E-state index >= 15 is 0 Å². The lowest BCUT2D eigenvalue weighted by atomic mass is 9.86. The SMILES string of the molecule is O=C1C=CC(=O)C(C2Cc3ccc(Cl)c4c(Cl)ccc2c34)=C1. The van der Waals surface area contributed by atoms with E-state index in [0.29, 0.717) is 22.0 Å². The lowest BCUT2D eigenvalue weighted by molar-refractivity contribution is -0.114. The van der Waals surface area contributed by atoms with E-state index in [-0.39, 0.29) is 17.5 Å². The molecule has 2 aromatic rings. The van der Waals surface area contributed by atoms with Gasteiger partial charge < -0.3 is 0 Å². The van der Waals surface area contributed by atoms with E-state index in [1.807, 2.05) is 18.2 Å². The second-order valence-electron chi connectivity index (χ2n) is 5.55. The van der Waals surface area contributed by atoms with Crippen LogP contribution in [0, 0.1) is 0 Å². The van der Waals surface area contributed by atoms with Gasteiger partial charge in [0.15, 0.2) is 11.6 Å². The minimum Gasteiger partial charge on any atom is -0.290 e. The molecule has 0 aliphatic heterocycles. The largest absolute Gasteiger partial charge is 0.290 e. The van der Waals surface area contributed by atoms with Crippen molar-refractivity contribution in [3.05, 3.63) is 69.2 Å². The third kappa shape index (κ3) is 1.88. The Morgan fingerprint density at radius 1 is 0.909 bits per heavy atom. The molecule has 0 saturated carbocycles. The zero-order valence-corrected chi connectivity index (χ0v) is 12.9. The molecule has 2 aliphatic carbocycles. The minimum atomic E-state index is -0.145. The Bertz CT molecular complexity index is 914. The number of halogens is 2. The van der Waals surface area contributed by atoms with Gasteiger partial charge in [0.05, 0.1) is 0 Å². The molecule has 4 heteroatoms. The molecule has 0 radical (unpaired) electrons. The molecule has 0 N–H and O–H groups in total. The second kappa shape index (κ2) is 4.80. The first kappa shape index (κ1) is 13.7. The van der Waals surface area contributed by atoms with Gasteiger partial charge in [-0.15, -0.1) is 0 Å². The first-order chi connectivity index (χ1) is 10.6. The Balaban J connectivity index is 1.96. The molecule has 0 bridgehead atoms. The highest BCUT2D eigenvalue weighted by Crippen LogP contribution is 2.46. The van der Waals surface area contributed by atoms with Crippen molar-refractivity contribution in [2.45, 2.75) is 12.3 Å². The molecule has 1 unspecified atom stereocenters. The molecule has 2 aliphatic rings. The van der Waals surface area contributed by atoms with Crippen LogP contribution in [0.3, 0.4) is 0 Å². The summed E-state index contributed by atoms with van der Waals surface area (Å²) < 4.78 is 0. The number of allylic oxidation sites excluding steroid dienone is 4. The summed E-state index contributed by atoms with van der Waals surface area (Å²) in [4.78, 5) is 23.8. The first-order valence-electron chi connectivity index (χ1n) is 6.93. The number of carbonyl (C=O) groups excluding carboxylic acids is 2. The zero-order chi connectivity index (χ0) is 15.4. The summed E-state index contributed by atoms with van der Waals surface area (Å²) in [5, 5.41) is 3.05. The summed E-state index contributed by atoms with van der Waals surface area (Å²) in [5.74, 6) is -0.366. The van der Waals surface area contributed by atoms with Gasteiger partial charge in [0, 0.05) is 26.9 Å². The van der Waals surface area contributed by atoms with E-state index in [1.54, 1.807) is 6.07 Å². The standard InChI is InChI=1S/C18H10Cl2O2/c19-14-4-1-9-7-12(13-8-10(21)2-6-16(13)22)11-3-5-15(20)18(14)17(9)11/h1-6,8,12H,7H2. The fourth-order valence-corrected chi connectivity index (χ4v) is 3.95.